The van der Waals surface area contributed by atoms with Gasteiger partial charge in [-0.2, -0.15) is 0 Å². The van der Waals surface area contributed by atoms with E-state index >= 15 is 0 Å². The minimum atomic E-state index is -0.236. The molecule has 1 atom stereocenters. The van der Waals surface area contributed by atoms with Gasteiger partial charge in [0.25, 0.3) is 0 Å². The first-order valence-corrected chi connectivity index (χ1v) is 16.7. The van der Waals surface area contributed by atoms with Gasteiger partial charge in [-0.1, -0.05) is 29.8 Å². The maximum absolute atomic E-state index is 14.2. The van der Waals surface area contributed by atoms with Crippen molar-refractivity contribution in [1.82, 2.24) is 34.6 Å². The Balaban J connectivity index is 1.24. The van der Waals surface area contributed by atoms with Crippen LogP contribution in [0.4, 0.5) is 0 Å². The summed E-state index contributed by atoms with van der Waals surface area (Å²) in [7, 11) is 0. The maximum atomic E-state index is 14.2. The van der Waals surface area contributed by atoms with Crippen molar-refractivity contribution in [3.8, 4) is 0 Å². The number of benzene rings is 2. The van der Waals surface area contributed by atoms with E-state index in [-0.39, 0.29) is 23.2 Å². The zero-order valence-electron chi connectivity index (χ0n) is 26.2. The van der Waals surface area contributed by atoms with Crippen molar-refractivity contribution in [2.24, 2.45) is 0 Å². The normalized spacial score (nSPS) is 20.4. The van der Waals surface area contributed by atoms with Crippen LogP contribution in [-0.4, -0.2) is 88.9 Å². The van der Waals surface area contributed by atoms with Crippen molar-refractivity contribution >= 4 is 28.4 Å². The fourth-order valence-electron chi connectivity index (χ4n) is 7.34. The fraction of sp³-hybridized carbons (Fsp3) is 0.457. The Morgan fingerprint density at radius 2 is 1.85 bits per heavy atom. The quantitative estimate of drug-likeness (QED) is 0.260. The van der Waals surface area contributed by atoms with E-state index in [0.717, 1.165) is 102 Å². The lowest BCUT2D eigenvalue weighted by Crippen LogP contribution is -2.46. The molecule has 0 spiro atoms. The maximum Gasteiger partial charge on any atom is 0.224 e. The summed E-state index contributed by atoms with van der Waals surface area (Å²) in [5.41, 5.74) is 4.55. The average Bonchev–Trinajstić information content (AvgIpc) is 3.69. The van der Waals surface area contributed by atoms with Crippen LogP contribution >= 0.6 is 11.6 Å². The standard InChI is InChI=1S/C35H42ClN7O3/c36-29-3-1-26(2-4-29)20-39-32(44)19-28-22-43-24-35(23-42-12-8-38-25-42,5-9-40-10-6-37-7-11-40)31-18-27(17-30(33(31)43)34(28)45)21-41-13-15-46-16-14-41/h1-4,8,12,17-18,22,25,37H,5-7,9-11,13-16,19-21,23-24H2,(H,39,44). The number of pyridine rings is 1. The van der Waals surface area contributed by atoms with Gasteiger partial charge >= 0.3 is 0 Å². The number of amides is 1. The molecule has 2 aromatic heterocycles. The Bertz CT molecular complexity index is 1730. The third-order valence-corrected chi connectivity index (χ3v) is 10.0. The number of aromatic nitrogens is 3. The molecule has 1 unspecified atom stereocenters. The number of halogens is 1. The lowest BCUT2D eigenvalue weighted by molar-refractivity contribution is -0.120. The number of piperazine rings is 1. The van der Waals surface area contributed by atoms with Gasteiger partial charge in [-0.3, -0.25) is 14.5 Å². The van der Waals surface area contributed by atoms with Gasteiger partial charge in [0.15, 0.2) is 5.43 Å². The predicted octanol–water partition coefficient (Wildman–Crippen LogP) is 2.79. The molecular formula is C35H42ClN7O3. The molecular weight excluding hydrogens is 602 g/mol. The van der Waals surface area contributed by atoms with Crippen molar-refractivity contribution in [1.29, 1.82) is 0 Å². The van der Waals surface area contributed by atoms with Crippen LogP contribution in [-0.2, 0) is 47.5 Å². The van der Waals surface area contributed by atoms with Crippen molar-refractivity contribution < 1.29 is 9.53 Å². The van der Waals surface area contributed by atoms with Gasteiger partial charge in [-0.05, 0) is 47.9 Å². The molecule has 7 rings (SSSR count). The zero-order valence-corrected chi connectivity index (χ0v) is 27.0. The minimum Gasteiger partial charge on any atom is -0.379 e. The second-order valence-electron chi connectivity index (χ2n) is 13.0. The average molecular weight is 644 g/mol. The Morgan fingerprint density at radius 1 is 1.04 bits per heavy atom. The van der Waals surface area contributed by atoms with Crippen LogP contribution in [0.15, 0.2) is 66.1 Å². The van der Waals surface area contributed by atoms with E-state index < -0.39 is 0 Å². The van der Waals surface area contributed by atoms with Gasteiger partial charge in [-0.25, -0.2) is 4.98 Å². The fourth-order valence-corrected chi connectivity index (χ4v) is 7.46. The second-order valence-corrected chi connectivity index (χ2v) is 13.4. The number of nitrogens with one attached hydrogen (secondary N) is 2. The summed E-state index contributed by atoms with van der Waals surface area (Å²) in [4.78, 5) is 36.7. The third kappa shape index (κ3) is 6.77. The number of nitrogens with zero attached hydrogens (tertiary/aromatic N) is 5. The first kappa shape index (κ1) is 31.1. The highest BCUT2D eigenvalue weighted by atomic mass is 35.5. The van der Waals surface area contributed by atoms with Gasteiger partial charge in [0.1, 0.15) is 0 Å². The molecule has 11 heteroatoms. The van der Waals surface area contributed by atoms with E-state index in [2.05, 4.69) is 46.7 Å². The van der Waals surface area contributed by atoms with Crippen molar-refractivity contribution in [3.05, 3.63) is 98.8 Å². The van der Waals surface area contributed by atoms with Crippen molar-refractivity contribution in [3.63, 3.8) is 0 Å². The van der Waals surface area contributed by atoms with Crippen LogP contribution in [0.3, 0.4) is 0 Å². The van der Waals surface area contributed by atoms with Crippen LogP contribution in [0.1, 0.15) is 28.7 Å². The van der Waals surface area contributed by atoms with E-state index in [1.807, 2.05) is 49.2 Å². The molecule has 2 saturated heterocycles. The zero-order chi connectivity index (χ0) is 31.5. The third-order valence-electron chi connectivity index (χ3n) is 9.77. The van der Waals surface area contributed by atoms with Crippen LogP contribution in [0, 0.1) is 0 Å². The van der Waals surface area contributed by atoms with Crippen LogP contribution in [0.5, 0.6) is 0 Å². The molecule has 10 nitrogen and oxygen atoms in total. The lowest BCUT2D eigenvalue weighted by atomic mass is 9.77. The molecule has 0 aliphatic carbocycles. The van der Waals surface area contributed by atoms with Gasteiger partial charge in [0, 0.05) is 105 Å². The SMILES string of the molecule is O=C(Cc1cn2c3c(cc(CN4CCOCC4)cc3c1=O)C(CCN1CCNCC1)(Cn1ccnc1)C2)NCc1ccc(Cl)cc1. The molecule has 3 aliphatic heterocycles. The number of ether oxygens (including phenoxy) is 1. The highest BCUT2D eigenvalue weighted by Crippen LogP contribution is 2.43. The number of morpholine rings is 1. The van der Waals surface area contributed by atoms with E-state index in [4.69, 9.17) is 16.3 Å². The largest absolute Gasteiger partial charge is 0.379 e. The molecule has 1 amide bonds. The number of carbonyl (C=O) groups excluding carboxylic acids is 1. The highest BCUT2D eigenvalue weighted by Gasteiger charge is 2.41. The van der Waals surface area contributed by atoms with E-state index in [1.54, 1.807) is 0 Å². The highest BCUT2D eigenvalue weighted by molar-refractivity contribution is 6.30. The molecule has 0 radical (unpaired) electrons. The number of rotatable bonds is 11. The van der Waals surface area contributed by atoms with Crippen LogP contribution in [0.25, 0.3) is 10.9 Å². The Labute approximate surface area is 274 Å². The summed E-state index contributed by atoms with van der Waals surface area (Å²) in [5, 5.41) is 7.82. The van der Waals surface area contributed by atoms with Crippen LogP contribution in [0.2, 0.25) is 5.02 Å². The first-order valence-electron chi connectivity index (χ1n) is 16.4. The number of hydrogen-bond acceptors (Lipinski definition) is 7. The molecule has 46 heavy (non-hydrogen) atoms. The predicted molar refractivity (Wildman–Crippen MR) is 179 cm³/mol. The molecule has 2 N–H and O–H groups in total. The van der Waals surface area contributed by atoms with Crippen molar-refractivity contribution in [2.45, 2.75) is 44.4 Å². The second kappa shape index (κ2) is 13.7. The molecule has 4 aromatic rings. The van der Waals surface area contributed by atoms with Crippen molar-refractivity contribution in [2.75, 3.05) is 59.0 Å². The van der Waals surface area contributed by atoms with Gasteiger partial charge < -0.3 is 29.4 Å². The van der Waals surface area contributed by atoms with E-state index in [9.17, 15) is 9.59 Å². The number of imidazole rings is 1. The first-order chi connectivity index (χ1) is 22.5. The molecule has 2 fully saturated rings. The number of carbonyl (C=O) groups is 1. The summed E-state index contributed by atoms with van der Waals surface area (Å²) in [5.74, 6) is -0.176. The van der Waals surface area contributed by atoms with Gasteiger partial charge in [0.2, 0.25) is 5.91 Å². The minimum absolute atomic E-state index is 0.0285. The molecule has 2 aromatic carbocycles. The monoisotopic (exact) mass is 643 g/mol. The summed E-state index contributed by atoms with van der Waals surface area (Å²) < 4.78 is 10.0. The Kier molecular flexibility index (Phi) is 9.24. The molecule has 5 heterocycles. The molecule has 242 valence electrons. The van der Waals surface area contributed by atoms with Crippen LogP contribution < -0.4 is 16.1 Å². The number of hydrogen-bond donors (Lipinski definition) is 2. The van der Waals surface area contributed by atoms with Gasteiger partial charge in [-0.15, -0.1) is 0 Å². The van der Waals surface area contributed by atoms with E-state index in [1.165, 1.54) is 5.56 Å². The molecule has 3 aliphatic rings. The Morgan fingerprint density at radius 3 is 2.61 bits per heavy atom. The molecule has 0 bridgehead atoms. The molecule has 0 saturated carbocycles. The Hall–Kier alpha value is -3.54. The smallest absolute Gasteiger partial charge is 0.224 e. The van der Waals surface area contributed by atoms with Gasteiger partial charge in [0.05, 0.1) is 31.5 Å². The lowest BCUT2D eigenvalue weighted by Gasteiger charge is -2.35. The summed E-state index contributed by atoms with van der Waals surface area (Å²) in [6.45, 7) is 10.9. The topological polar surface area (TPSA) is 96.7 Å². The summed E-state index contributed by atoms with van der Waals surface area (Å²) in [6, 6.07) is 11.8. The summed E-state index contributed by atoms with van der Waals surface area (Å²) >= 11 is 6.02. The summed E-state index contributed by atoms with van der Waals surface area (Å²) in [6.07, 6.45) is 8.68. The van der Waals surface area contributed by atoms with E-state index in [0.29, 0.717) is 22.5 Å².